The van der Waals surface area contributed by atoms with Gasteiger partial charge in [0.05, 0.1) is 6.54 Å². The van der Waals surface area contributed by atoms with Crippen LogP contribution in [0.4, 0.5) is 0 Å². The molecule has 0 N–H and O–H groups in total. The molecular weight excluding hydrogens is 216 g/mol. The molecule has 0 aromatic carbocycles. The smallest absolute Gasteiger partial charge is 0.147 e. The highest BCUT2D eigenvalue weighted by molar-refractivity contribution is 5.79. The lowest BCUT2D eigenvalue weighted by molar-refractivity contribution is -0.121. The molecule has 17 heavy (non-hydrogen) atoms. The number of aryl methyl sites for hydroxylation is 1. The summed E-state index contributed by atoms with van der Waals surface area (Å²) in [6.07, 6.45) is 4.92. The van der Waals surface area contributed by atoms with Gasteiger partial charge in [0.1, 0.15) is 17.4 Å². The zero-order chi connectivity index (χ0) is 11.7. The molecular formula is C12H18N4O. The van der Waals surface area contributed by atoms with Gasteiger partial charge >= 0.3 is 0 Å². The molecule has 0 unspecified atom stereocenters. The first-order valence-corrected chi connectivity index (χ1v) is 6.48. The van der Waals surface area contributed by atoms with Crippen molar-refractivity contribution in [3.05, 3.63) is 11.6 Å². The Labute approximate surface area is 101 Å². The quantitative estimate of drug-likeness (QED) is 0.758. The predicted molar refractivity (Wildman–Crippen MR) is 62.5 cm³/mol. The molecule has 3 heterocycles. The topological polar surface area (TPSA) is 51.0 Å². The van der Waals surface area contributed by atoms with Crippen molar-refractivity contribution in [1.29, 1.82) is 0 Å². The first-order chi connectivity index (χ1) is 8.33. The number of hydrogen-bond acceptors (Lipinski definition) is 4. The number of nitrogens with zero attached hydrogens (tertiary/aromatic N) is 4. The number of rotatable bonds is 2. The average molecular weight is 234 g/mol. The van der Waals surface area contributed by atoms with Gasteiger partial charge < -0.3 is 4.57 Å². The molecule has 5 nitrogen and oxygen atoms in total. The van der Waals surface area contributed by atoms with Gasteiger partial charge in [-0.25, -0.2) is 0 Å². The number of hydrogen-bond donors (Lipinski definition) is 0. The SMILES string of the molecule is O=C1CCN(Cc2nnc3n2CCCC3)CC1. The lowest BCUT2D eigenvalue weighted by Crippen LogP contribution is -2.34. The Morgan fingerprint density at radius 1 is 1.00 bits per heavy atom. The van der Waals surface area contributed by atoms with Crippen LogP contribution in [0.15, 0.2) is 0 Å². The van der Waals surface area contributed by atoms with Crippen molar-refractivity contribution >= 4 is 5.78 Å². The van der Waals surface area contributed by atoms with Gasteiger partial charge in [-0.2, -0.15) is 0 Å². The first kappa shape index (κ1) is 10.9. The monoisotopic (exact) mass is 234 g/mol. The molecule has 0 aliphatic carbocycles. The number of fused-ring (bicyclic) bond motifs is 1. The van der Waals surface area contributed by atoms with Crippen LogP contribution < -0.4 is 0 Å². The van der Waals surface area contributed by atoms with Crippen LogP contribution in [0.3, 0.4) is 0 Å². The first-order valence-electron chi connectivity index (χ1n) is 6.48. The Bertz CT molecular complexity index is 416. The summed E-state index contributed by atoms with van der Waals surface area (Å²) in [4.78, 5) is 13.5. The van der Waals surface area contributed by atoms with E-state index in [-0.39, 0.29) is 0 Å². The molecule has 3 rings (SSSR count). The maximum Gasteiger partial charge on any atom is 0.147 e. The summed E-state index contributed by atoms with van der Waals surface area (Å²) in [5, 5.41) is 8.55. The predicted octanol–water partition coefficient (Wildman–Crippen LogP) is 0.779. The second-order valence-corrected chi connectivity index (χ2v) is 4.96. The van der Waals surface area contributed by atoms with E-state index in [0.717, 1.165) is 44.2 Å². The minimum absolute atomic E-state index is 0.393. The number of likely N-dealkylation sites (tertiary alicyclic amines) is 1. The summed E-state index contributed by atoms with van der Waals surface area (Å²) in [7, 11) is 0. The molecule has 1 aromatic rings. The zero-order valence-electron chi connectivity index (χ0n) is 10.1. The van der Waals surface area contributed by atoms with Crippen molar-refractivity contribution in [3.8, 4) is 0 Å². The highest BCUT2D eigenvalue weighted by Crippen LogP contribution is 2.16. The number of Topliss-reactive ketones (excluding diaryl/α,β-unsaturated/α-hetero) is 1. The molecule has 0 saturated carbocycles. The molecule has 2 aliphatic rings. The average Bonchev–Trinajstić information content (AvgIpc) is 2.76. The third-order valence-corrected chi connectivity index (χ3v) is 3.71. The lowest BCUT2D eigenvalue weighted by atomic mass is 10.1. The van der Waals surface area contributed by atoms with E-state index in [0.29, 0.717) is 18.6 Å². The summed E-state index contributed by atoms with van der Waals surface area (Å²) >= 11 is 0. The summed E-state index contributed by atoms with van der Waals surface area (Å²) < 4.78 is 2.26. The molecule has 0 bridgehead atoms. The van der Waals surface area contributed by atoms with Gasteiger partial charge in [0.2, 0.25) is 0 Å². The van der Waals surface area contributed by atoms with Gasteiger partial charge in [-0.3, -0.25) is 9.69 Å². The molecule has 92 valence electrons. The van der Waals surface area contributed by atoms with E-state index in [1.54, 1.807) is 0 Å². The minimum Gasteiger partial charge on any atom is -0.314 e. The molecule has 0 amide bonds. The molecule has 0 atom stereocenters. The second kappa shape index (κ2) is 4.56. The Morgan fingerprint density at radius 2 is 1.82 bits per heavy atom. The summed E-state index contributed by atoms with van der Waals surface area (Å²) in [5.41, 5.74) is 0. The van der Waals surface area contributed by atoms with Gasteiger partial charge in [-0.05, 0) is 12.8 Å². The third kappa shape index (κ3) is 2.24. The molecule has 0 radical (unpaired) electrons. The van der Waals surface area contributed by atoms with Gasteiger partial charge in [0, 0.05) is 38.9 Å². The van der Waals surface area contributed by atoms with Crippen LogP contribution in [0.5, 0.6) is 0 Å². The normalized spacial score (nSPS) is 21.5. The Balaban J connectivity index is 1.68. The fraction of sp³-hybridized carbons (Fsp3) is 0.750. The van der Waals surface area contributed by atoms with Crippen LogP contribution in [-0.2, 0) is 24.3 Å². The van der Waals surface area contributed by atoms with Crippen molar-refractivity contribution in [3.63, 3.8) is 0 Å². The zero-order valence-corrected chi connectivity index (χ0v) is 10.1. The second-order valence-electron chi connectivity index (χ2n) is 4.96. The Morgan fingerprint density at radius 3 is 2.65 bits per heavy atom. The molecule has 0 spiro atoms. The fourth-order valence-corrected chi connectivity index (χ4v) is 2.65. The van der Waals surface area contributed by atoms with Crippen LogP contribution in [0, 0.1) is 0 Å². The van der Waals surface area contributed by atoms with E-state index in [1.807, 2.05) is 0 Å². The maximum absolute atomic E-state index is 11.2. The number of aromatic nitrogens is 3. The van der Waals surface area contributed by atoms with Gasteiger partial charge in [0.25, 0.3) is 0 Å². The van der Waals surface area contributed by atoms with E-state index < -0.39 is 0 Å². The maximum atomic E-state index is 11.2. The third-order valence-electron chi connectivity index (χ3n) is 3.71. The molecule has 1 aromatic heterocycles. The number of ketones is 1. The Hall–Kier alpha value is -1.23. The number of piperidine rings is 1. The number of carbonyl (C=O) groups is 1. The minimum atomic E-state index is 0.393. The van der Waals surface area contributed by atoms with Crippen LogP contribution >= 0.6 is 0 Å². The lowest BCUT2D eigenvalue weighted by Gasteiger charge is -2.25. The molecule has 1 fully saturated rings. The van der Waals surface area contributed by atoms with Crippen LogP contribution in [0.2, 0.25) is 0 Å². The van der Waals surface area contributed by atoms with E-state index in [9.17, 15) is 4.79 Å². The van der Waals surface area contributed by atoms with Crippen molar-refractivity contribution in [2.45, 2.75) is 45.2 Å². The highest BCUT2D eigenvalue weighted by atomic mass is 16.1. The van der Waals surface area contributed by atoms with Crippen molar-refractivity contribution in [1.82, 2.24) is 19.7 Å². The summed E-state index contributed by atoms with van der Waals surface area (Å²) in [6, 6.07) is 0. The van der Waals surface area contributed by atoms with Crippen molar-refractivity contribution < 1.29 is 4.79 Å². The van der Waals surface area contributed by atoms with E-state index in [1.165, 1.54) is 12.8 Å². The van der Waals surface area contributed by atoms with E-state index in [2.05, 4.69) is 19.7 Å². The number of carbonyl (C=O) groups excluding carboxylic acids is 1. The summed E-state index contributed by atoms with van der Waals surface area (Å²) in [6.45, 7) is 3.66. The highest BCUT2D eigenvalue weighted by Gasteiger charge is 2.20. The van der Waals surface area contributed by atoms with Crippen LogP contribution in [0.1, 0.15) is 37.3 Å². The van der Waals surface area contributed by atoms with Gasteiger partial charge in [-0.1, -0.05) is 0 Å². The van der Waals surface area contributed by atoms with Gasteiger partial charge in [0.15, 0.2) is 0 Å². The van der Waals surface area contributed by atoms with Crippen molar-refractivity contribution in [2.24, 2.45) is 0 Å². The van der Waals surface area contributed by atoms with E-state index >= 15 is 0 Å². The fourth-order valence-electron chi connectivity index (χ4n) is 2.65. The summed E-state index contributed by atoms with van der Waals surface area (Å²) in [5.74, 6) is 2.61. The molecule has 5 heteroatoms. The molecule has 2 aliphatic heterocycles. The standard InChI is InChI=1S/C12H18N4O/c17-10-4-7-15(8-5-10)9-12-14-13-11-3-1-2-6-16(11)12/h1-9H2. The molecule has 1 saturated heterocycles. The van der Waals surface area contributed by atoms with Crippen LogP contribution in [-0.4, -0.2) is 38.5 Å². The van der Waals surface area contributed by atoms with Crippen LogP contribution in [0.25, 0.3) is 0 Å². The Kier molecular flexibility index (Phi) is 2.93. The van der Waals surface area contributed by atoms with Crippen molar-refractivity contribution in [2.75, 3.05) is 13.1 Å². The largest absolute Gasteiger partial charge is 0.314 e. The van der Waals surface area contributed by atoms with E-state index in [4.69, 9.17) is 0 Å². The van der Waals surface area contributed by atoms with Gasteiger partial charge in [-0.15, -0.1) is 10.2 Å².